The Morgan fingerprint density at radius 2 is 2.00 bits per heavy atom. The first-order valence-electron chi connectivity index (χ1n) is 8.76. The van der Waals surface area contributed by atoms with Gasteiger partial charge in [0.15, 0.2) is 0 Å². The molecule has 0 amide bonds. The Bertz CT molecular complexity index is 600. The van der Waals surface area contributed by atoms with Gasteiger partial charge < -0.3 is 10.1 Å². The molecule has 2 nitrogen and oxygen atoms in total. The van der Waals surface area contributed by atoms with Gasteiger partial charge in [-0.2, -0.15) is 0 Å². The topological polar surface area (TPSA) is 21.3 Å². The normalized spacial score (nSPS) is 14.5. The molecule has 0 aliphatic heterocycles. The van der Waals surface area contributed by atoms with Gasteiger partial charge in [-0.05, 0) is 80.3 Å². The number of nitrogens with one attached hydrogen (secondary N) is 1. The molecule has 1 N–H and O–H groups in total. The highest BCUT2D eigenvalue weighted by Gasteiger charge is 2.12. The zero-order chi connectivity index (χ0) is 15.9. The summed E-state index contributed by atoms with van der Waals surface area (Å²) in [6.07, 6.45) is 7.42. The molecule has 132 valence electrons. The Morgan fingerprint density at radius 3 is 2.75 bits per heavy atom. The molecule has 0 spiro atoms. The zero-order valence-electron chi connectivity index (χ0n) is 14.4. The minimum absolute atomic E-state index is 0. The lowest BCUT2D eigenvalue weighted by Gasteiger charge is -2.19. The molecule has 0 fully saturated rings. The standard InChI is InChI=1S/C20H27NOS.ClH/c1-21-14-16(8-11-20-7-4-12-23-20)15-22-19-10-9-17-5-2-3-6-18(17)13-19;/h4,7,9-10,12-13,16,21H,2-3,5-6,8,11,14-15H2,1H3;1H. The highest BCUT2D eigenvalue weighted by atomic mass is 35.5. The van der Waals surface area contributed by atoms with Gasteiger partial charge in [0.05, 0.1) is 6.61 Å². The summed E-state index contributed by atoms with van der Waals surface area (Å²) in [4.78, 5) is 1.47. The smallest absolute Gasteiger partial charge is 0.119 e. The van der Waals surface area contributed by atoms with Crippen LogP contribution in [0.3, 0.4) is 0 Å². The van der Waals surface area contributed by atoms with E-state index in [4.69, 9.17) is 4.74 Å². The van der Waals surface area contributed by atoms with Crippen molar-refractivity contribution in [2.45, 2.75) is 38.5 Å². The van der Waals surface area contributed by atoms with Crippen LogP contribution in [0.1, 0.15) is 35.3 Å². The van der Waals surface area contributed by atoms with Gasteiger partial charge in [0.1, 0.15) is 5.75 Å². The fraction of sp³-hybridized carbons (Fsp3) is 0.500. The van der Waals surface area contributed by atoms with Gasteiger partial charge >= 0.3 is 0 Å². The van der Waals surface area contributed by atoms with Crippen molar-refractivity contribution >= 4 is 23.7 Å². The van der Waals surface area contributed by atoms with E-state index in [2.05, 4.69) is 41.0 Å². The van der Waals surface area contributed by atoms with Crippen LogP contribution in [0.5, 0.6) is 5.75 Å². The van der Waals surface area contributed by atoms with Gasteiger partial charge in [-0.1, -0.05) is 12.1 Å². The lowest BCUT2D eigenvalue weighted by molar-refractivity contribution is 0.238. The largest absolute Gasteiger partial charge is 0.493 e. The molecule has 2 aromatic rings. The molecule has 1 atom stereocenters. The number of fused-ring (bicyclic) bond motifs is 1. The molecule has 0 bridgehead atoms. The van der Waals surface area contributed by atoms with Gasteiger partial charge in [-0.25, -0.2) is 0 Å². The highest BCUT2D eigenvalue weighted by Crippen LogP contribution is 2.26. The molecule has 1 aliphatic rings. The van der Waals surface area contributed by atoms with Crippen LogP contribution in [0.2, 0.25) is 0 Å². The molecule has 4 heteroatoms. The molecule has 1 aromatic carbocycles. The maximum absolute atomic E-state index is 6.12. The van der Waals surface area contributed by atoms with Crippen molar-refractivity contribution in [1.82, 2.24) is 5.32 Å². The van der Waals surface area contributed by atoms with E-state index in [-0.39, 0.29) is 12.4 Å². The minimum atomic E-state index is 0. The van der Waals surface area contributed by atoms with E-state index in [0.29, 0.717) is 5.92 Å². The Hall–Kier alpha value is -1.03. The molecule has 0 saturated carbocycles. The van der Waals surface area contributed by atoms with Crippen LogP contribution < -0.4 is 10.1 Å². The first kappa shape index (κ1) is 19.3. The minimum Gasteiger partial charge on any atom is -0.493 e. The first-order chi connectivity index (χ1) is 11.3. The molecular formula is C20H28ClNOS. The fourth-order valence-corrected chi connectivity index (χ4v) is 4.07. The Kier molecular flexibility index (Phi) is 8.10. The second-order valence-electron chi connectivity index (χ2n) is 6.49. The fourth-order valence-electron chi connectivity index (χ4n) is 3.35. The van der Waals surface area contributed by atoms with Gasteiger partial charge in [-0.3, -0.25) is 0 Å². The van der Waals surface area contributed by atoms with E-state index in [9.17, 15) is 0 Å². The second kappa shape index (κ2) is 10.1. The SMILES string of the molecule is CNCC(CCc1cccs1)COc1ccc2c(c1)CCCC2.Cl. The van der Waals surface area contributed by atoms with Crippen LogP contribution in [-0.4, -0.2) is 20.2 Å². The molecule has 1 aromatic heterocycles. The van der Waals surface area contributed by atoms with Crippen LogP contribution in [0.4, 0.5) is 0 Å². The van der Waals surface area contributed by atoms with E-state index in [1.807, 2.05) is 18.4 Å². The Morgan fingerprint density at radius 1 is 1.17 bits per heavy atom. The monoisotopic (exact) mass is 365 g/mol. The van der Waals surface area contributed by atoms with Crippen LogP contribution in [0.15, 0.2) is 35.7 Å². The van der Waals surface area contributed by atoms with Crippen LogP contribution in [0, 0.1) is 5.92 Å². The third-order valence-corrected chi connectivity index (χ3v) is 5.61. The lowest BCUT2D eigenvalue weighted by Crippen LogP contribution is -2.25. The summed E-state index contributed by atoms with van der Waals surface area (Å²) in [7, 11) is 2.02. The Balaban J connectivity index is 0.00000208. The predicted octanol–water partition coefficient (Wildman–Crippen LogP) is 4.90. The van der Waals surface area contributed by atoms with Gasteiger partial charge in [0.25, 0.3) is 0 Å². The summed E-state index contributed by atoms with van der Waals surface area (Å²) in [5.41, 5.74) is 3.02. The third-order valence-electron chi connectivity index (χ3n) is 4.68. The number of ether oxygens (including phenoxy) is 1. The molecule has 0 radical (unpaired) electrons. The lowest BCUT2D eigenvalue weighted by atomic mass is 9.92. The van der Waals surface area contributed by atoms with Gasteiger partial charge in [-0.15, -0.1) is 23.7 Å². The zero-order valence-corrected chi connectivity index (χ0v) is 16.1. The average molecular weight is 366 g/mol. The number of thiophene rings is 1. The molecule has 1 heterocycles. The van der Waals surface area contributed by atoms with E-state index in [0.717, 1.165) is 25.3 Å². The summed E-state index contributed by atoms with van der Waals surface area (Å²) >= 11 is 1.85. The van der Waals surface area contributed by atoms with E-state index < -0.39 is 0 Å². The second-order valence-corrected chi connectivity index (χ2v) is 7.52. The number of hydrogen-bond acceptors (Lipinski definition) is 3. The highest BCUT2D eigenvalue weighted by molar-refractivity contribution is 7.09. The van der Waals surface area contributed by atoms with E-state index in [1.54, 1.807) is 0 Å². The maximum Gasteiger partial charge on any atom is 0.119 e. The molecular weight excluding hydrogens is 338 g/mol. The van der Waals surface area contributed by atoms with E-state index in [1.165, 1.54) is 48.1 Å². The number of rotatable bonds is 8. The van der Waals surface area contributed by atoms with Crippen molar-refractivity contribution in [3.63, 3.8) is 0 Å². The molecule has 24 heavy (non-hydrogen) atoms. The summed E-state index contributed by atoms with van der Waals surface area (Å²) in [5, 5.41) is 5.47. The van der Waals surface area contributed by atoms with Crippen molar-refractivity contribution in [1.29, 1.82) is 0 Å². The van der Waals surface area contributed by atoms with Crippen LogP contribution >= 0.6 is 23.7 Å². The molecule has 3 rings (SSSR count). The number of hydrogen-bond donors (Lipinski definition) is 1. The predicted molar refractivity (Wildman–Crippen MR) is 106 cm³/mol. The van der Waals surface area contributed by atoms with E-state index >= 15 is 0 Å². The van der Waals surface area contributed by atoms with Crippen LogP contribution in [0.25, 0.3) is 0 Å². The number of benzene rings is 1. The molecule has 1 aliphatic carbocycles. The van der Waals surface area contributed by atoms with Crippen molar-refractivity contribution in [2.24, 2.45) is 5.92 Å². The molecule has 0 saturated heterocycles. The van der Waals surface area contributed by atoms with Crippen molar-refractivity contribution in [2.75, 3.05) is 20.2 Å². The number of halogens is 1. The van der Waals surface area contributed by atoms with Crippen LogP contribution in [-0.2, 0) is 19.3 Å². The summed E-state index contributed by atoms with van der Waals surface area (Å²) in [6.45, 7) is 1.81. The summed E-state index contributed by atoms with van der Waals surface area (Å²) in [5.74, 6) is 1.60. The first-order valence-corrected chi connectivity index (χ1v) is 9.64. The third kappa shape index (κ3) is 5.51. The van der Waals surface area contributed by atoms with Crippen molar-refractivity contribution in [3.05, 3.63) is 51.7 Å². The summed E-state index contributed by atoms with van der Waals surface area (Å²) in [6, 6.07) is 11.1. The summed E-state index contributed by atoms with van der Waals surface area (Å²) < 4.78 is 6.12. The maximum atomic E-state index is 6.12. The van der Waals surface area contributed by atoms with Gasteiger partial charge in [0, 0.05) is 17.3 Å². The quantitative estimate of drug-likeness (QED) is 0.718. The van der Waals surface area contributed by atoms with Gasteiger partial charge in [0.2, 0.25) is 0 Å². The van der Waals surface area contributed by atoms with Crippen molar-refractivity contribution < 1.29 is 4.74 Å². The Labute approximate surface area is 156 Å². The van der Waals surface area contributed by atoms with Crippen molar-refractivity contribution in [3.8, 4) is 5.75 Å². The molecule has 1 unspecified atom stereocenters. The average Bonchev–Trinajstić information content (AvgIpc) is 3.11. The number of aryl methyl sites for hydroxylation is 3.